The Balaban J connectivity index is 1.68. The van der Waals surface area contributed by atoms with E-state index in [1.807, 2.05) is 0 Å². The van der Waals surface area contributed by atoms with E-state index in [9.17, 15) is 14.4 Å². The van der Waals surface area contributed by atoms with Crippen molar-refractivity contribution in [1.29, 1.82) is 0 Å². The fourth-order valence-electron chi connectivity index (χ4n) is 2.41. The molecule has 7 heteroatoms. The van der Waals surface area contributed by atoms with Crippen molar-refractivity contribution in [2.75, 3.05) is 0 Å². The SMILES string of the molecule is O=C(CCn1c(=O)[nH]c2ccccc2c1=O)NCc1ccncc1. The monoisotopic (exact) mass is 324 g/mol. The molecule has 0 fully saturated rings. The molecular weight excluding hydrogens is 308 g/mol. The van der Waals surface area contributed by atoms with Gasteiger partial charge in [-0.25, -0.2) is 4.79 Å². The van der Waals surface area contributed by atoms with Crippen molar-refractivity contribution in [3.05, 3.63) is 75.2 Å². The van der Waals surface area contributed by atoms with Crippen molar-refractivity contribution in [2.24, 2.45) is 0 Å². The number of pyridine rings is 1. The smallest absolute Gasteiger partial charge is 0.328 e. The molecule has 0 aliphatic heterocycles. The Bertz CT molecular complexity index is 976. The average Bonchev–Trinajstić information content (AvgIpc) is 2.60. The van der Waals surface area contributed by atoms with Crippen molar-refractivity contribution in [3.8, 4) is 0 Å². The standard InChI is InChI=1S/C17H16N4O3/c22-15(19-11-12-5-8-18-9-6-12)7-10-21-16(23)13-3-1-2-4-14(13)20-17(21)24/h1-6,8-9H,7,10-11H2,(H,19,22)(H,20,24). The molecule has 0 bridgehead atoms. The van der Waals surface area contributed by atoms with Gasteiger partial charge in [-0.2, -0.15) is 0 Å². The number of amides is 1. The van der Waals surface area contributed by atoms with E-state index >= 15 is 0 Å². The quantitative estimate of drug-likeness (QED) is 0.725. The summed E-state index contributed by atoms with van der Waals surface area (Å²) in [5.74, 6) is -0.230. The van der Waals surface area contributed by atoms with E-state index < -0.39 is 11.2 Å². The minimum absolute atomic E-state index is 0.0289. The fraction of sp³-hybridized carbons (Fsp3) is 0.176. The molecule has 0 aliphatic rings. The van der Waals surface area contributed by atoms with Crippen LogP contribution >= 0.6 is 0 Å². The van der Waals surface area contributed by atoms with Gasteiger partial charge in [0, 0.05) is 31.9 Å². The lowest BCUT2D eigenvalue weighted by Gasteiger charge is -2.07. The third kappa shape index (κ3) is 3.40. The zero-order valence-electron chi connectivity index (χ0n) is 12.9. The maximum atomic E-state index is 12.3. The first-order valence-electron chi connectivity index (χ1n) is 7.52. The van der Waals surface area contributed by atoms with Crippen LogP contribution in [0.5, 0.6) is 0 Å². The first-order chi connectivity index (χ1) is 11.6. The maximum absolute atomic E-state index is 12.3. The predicted molar refractivity (Wildman–Crippen MR) is 89.5 cm³/mol. The Kier molecular flexibility index (Phi) is 4.51. The van der Waals surface area contributed by atoms with Crippen LogP contribution in [0.1, 0.15) is 12.0 Å². The summed E-state index contributed by atoms with van der Waals surface area (Å²) in [7, 11) is 0. The van der Waals surface area contributed by atoms with Crippen LogP contribution in [0.15, 0.2) is 58.4 Å². The number of H-pyrrole nitrogens is 1. The molecule has 1 aromatic carbocycles. The lowest BCUT2D eigenvalue weighted by Crippen LogP contribution is -2.36. The summed E-state index contributed by atoms with van der Waals surface area (Å²) in [4.78, 5) is 42.8. The molecule has 0 aliphatic carbocycles. The maximum Gasteiger partial charge on any atom is 0.328 e. The summed E-state index contributed by atoms with van der Waals surface area (Å²) in [6, 6.07) is 10.4. The number of rotatable bonds is 5. The Labute approximate surface area is 137 Å². The number of carbonyl (C=O) groups excluding carboxylic acids is 1. The number of para-hydroxylation sites is 1. The van der Waals surface area contributed by atoms with Gasteiger partial charge in [-0.05, 0) is 29.8 Å². The van der Waals surface area contributed by atoms with Gasteiger partial charge in [0.1, 0.15) is 0 Å². The second-order valence-corrected chi connectivity index (χ2v) is 5.31. The first-order valence-corrected chi connectivity index (χ1v) is 7.52. The number of nitrogens with zero attached hydrogens (tertiary/aromatic N) is 2. The number of benzene rings is 1. The second-order valence-electron chi connectivity index (χ2n) is 5.31. The summed E-state index contributed by atoms with van der Waals surface area (Å²) < 4.78 is 1.05. The topological polar surface area (TPSA) is 96.9 Å². The van der Waals surface area contributed by atoms with Gasteiger partial charge in [-0.3, -0.25) is 19.1 Å². The second kappa shape index (κ2) is 6.91. The summed E-state index contributed by atoms with van der Waals surface area (Å²) >= 11 is 0. The number of hydrogen-bond donors (Lipinski definition) is 2. The summed E-state index contributed by atoms with van der Waals surface area (Å²) in [6.45, 7) is 0.408. The van der Waals surface area contributed by atoms with Crippen molar-refractivity contribution in [2.45, 2.75) is 19.5 Å². The highest BCUT2D eigenvalue weighted by Gasteiger charge is 2.09. The third-order valence-corrected chi connectivity index (χ3v) is 3.69. The molecule has 0 radical (unpaired) electrons. The van der Waals surface area contributed by atoms with Gasteiger partial charge in [0.25, 0.3) is 5.56 Å². The Morgan fingerprint density at radius 1 is 1.12 bits per heavy atom. The van der Waals surface area contributed by atoms with Crippen LogP contribution in [0, 0.1) is 0 Å². The first kappa shape index (κ1) is 15.7. The molecular formula is C17H16N4O3. The molecule has 122 valence electrons. The van der Waals surface area contributed by atoms with Crippen molar-refractivity contribution < 1.29 is 4.79 Å². The number of fused-ring (bicyclic) bond motifs is 1. The van der Waals surface area contributed by atoms with Gasteiger partial charge < -0.3 is 10.3 Å². The summed E-state index contributed by atoms with van der Waals surface area (Å²) in [5, 5.41) is 3.18. The number of aromatic amines is 1. The molecule has 2 heterocycles. The van der Waals surface area contributed by atoms with E-state index in [0.29, 0.717) is 17.4 Å². The summed E-state index contributed by atoms with van der Waals surface area (Å²) in [6.07, 6.45) is 3.34. The molecule has 2 N–H and O–H groups in total. The third-order valence-electron chi connectivity index (χ3n) is 3.69. The largest absolute Gasteiger partial charge is 0.352 e. The van der Waals surface area contributed by atoms with Crippen LogP contribution in [0.2, 0.25) is 0 Å². The van der Waals surface area contributed by atoms with Gasteiger partial charge in [-0.15, -0.1) is 0 Å². The van der Waals surface area contributed by atoms with E-state index in [-0.39, 0.29) is 18.9 Å². The van der Waals surface area contributed by atoms with Crippen LogP contribution in [0.25, 0.3) is 10.9 Å². The van der Waals surface area contributed by atoms with Crippen molar-refractivity contribution in [1.82, 2.24) is 19.9 Å². The molecule has 7 nitrogen and oxygen atoms in total. The molecule has 0 atom stereocenters. The van der Waals surface area contributed by atoms with Gasteiger partial charge in [0.15, 0.2) is 0 Å². The Morgan fingerprint density at radius 3 is 2.67 bits per heavy atom. The van der Waals surface area contributed by atoms with E-state index in [1.54, 1.807) is 48.8 Å². The number of aromatic nitrogens is 3. The molecule has 0 spiro atoms. The van der Waals surface area contributed by atoms with Crippen LogP contribution in [0.4, 0.5) is 0 Å². The molecule has 0 unspecified atom stereocenters. The molecule has 0 saturated carbocycles. The van der Waals surface area contributed by atoms with E-state index in [0.717, 1.165) is 10.1 Å². The predicted octanol–water partition coefficient (Wildman–Crippen LogP) is 0.791. The number of nitrogens with one attached hydrogen (secondary N) is 2. The number of hydrogen-bond acceptors (Lipinski definition) is 4. The molecule has 1 amide bonds. The van der Waals surface area contributed by atoms with Crippen LogP contribution < -0.4 is 16.6 Å². The van der Waals surface area contributed by atoms with Gasteiger partial charge in [-0.1, -0.05) is 12.1 Å². The van der Waals surface area contributed by atoms with Crippen LogP contribution in [-0.4, -0.2) is 20.4 Å². The average molecular weight is 324 g/mol. The lowest BCUT2D eigenvalue weighted by atomic mass is 10.2. The zero-order valence-corrected chi connectivity index (χ0v) is 12.9. The molecule has 3 rings (SSSR count). The van der Waals surface area contributed by atoms with E-state index in [4.69, 9.17) is 0 Å². The van der Waals surface area contributed by atoms with E-state index in [1.165, 1.54) is 0 Å². The Morgan fingerprint density at radius 2 is 1.88 bits per heavy atom. The fourth-order valence-corrected chi connectivity index (χ4v) is 2.41. The zero-order chi connectivity index (χ0) is 16.9. The van der Waals surface area contributed by atoms with Crippen molar-refractivity contribution >= 4 is 16.8 Å². The highest BCUT2D eigenvalue weighted by Crippen LogP contribution is 2.03. The van der Waals surface area contributed by atoms with Gasteiger partial charge in [0.2, 0.25) is 5.91 Å². The molecule has 24 heavy (non-hydrogen) atoms. The normalized spacial score (nSPS) is 10.7. The van der Waals surface area contributed by atoms with E-state index in [2.05, 4.69) is 15.3 Å². The minimum atomic E-state index is -0.513. The number of carbonyl (C=O) groups is 1. The highest BCUT2D eigenvalue weighted by atomic mass is 16.2. The highest BCUT2D eigenvalue weighted by molar-refractivity contribution is 5.77. The van der Waals surface area contributed by atoms with Gasteiger partial charge >= 0.3 is 5.69 Å². The minimum Gasteiger partial charge on any atom is -0.352 e. The molecule has 2 aromatic heterocycles. The van der Waals surface area contributed by atoms with Crippen LogP contribution in [-0.2, 0) is 17.9 Å². The summed E-state index contributed by atoms with van der Waals surface area (Å²) in [5.41, 5.74) is 0.516. The van der Waals surface area contributed by atoms with Crippen LogP contribution in [0.3, 0.4) is 0 Å². The lowest BCUT2D eigenvalue weighted by molar-refractivity contribution is -0.121. The molecule has 3 aromatic rings. The molecule has 0 saturated heterocycles. The Hall–Kier alpha value is -3.22. The van der Waals surface area contributed by atoms with Gasteiger partial charge in [0.05, 0.1) is 10.9 Å². The van der Waals surface area contributed by atoms with Crippen molar-refractivity contribution in [3.63, 3.8) is 0 Å².